The fraction of sp³-hybridized carbons (Fsp3) is 0.750. The van der Waals surface area contributed by atoms with E-state index in [1.165, 1.54) is 24.8 Å². The Bertz CT molecular complexity index is 302. The zero-order chi connectivity index (χ0) is 10.7. The third-order valence-electron chi connectivity index (χ3n) is 3.38. The second kappa shape index (κ2) is 4.79. The third kappa shape index (κ3) is 2.23. The van der Waals surface area contributed by atoms with E-state index in [4.69, 9.17) is 0 Å². The van der Waals surface area contributed by atoms with Crippen LogP contribution >= 0.6 is 0 Å². The van der Waals surface area contributed by atoms with Gasteiger partial charge in [-0.05, 0) is 32.2 Å². The molecule has 1 N–H and O–H groups in total. The van der Waals surface area contributed by atoms with Gasteiger partial charge in [0.05, 0.1) is 6.20 Å². The molecule has 1 fully saturated rings. The molecule has 0 saturated heterocycles. The van der Waals surface area contributed by atoms with Crippen molar-refractivity contribution in [3.63, 3.8) is 0 Å². The lowest BCUT2D eigenvalue weighted by molar-refractivity contribution is 0.233. The monoisotopic (exact) mass is 207 g/mol. The van der Waals surface area contributed by atoms with Crippen molar-refractivity contribution >= 4 is 0 Å². The number of aromatic nitrogens is 2. The van der Waals surface area contributed by atoms with E-state index in [0.717, 1.165) is 19.0 Å². The molecular weight excluding hydrogens is 186 g/mol. The fourth-order valence-corrected chi connectivity index (χ4v) is 2.26. The molecule has 1 heterocycles. The SMILES string of the molecule is CCNC(c1cnn(CC)c1)C1CCC1. The predicted molar refractivity (Wildman–Crippen MR) is 61.7 cm³/mol. The van der Waals surface area contributed by atoms with Crippen molar-refractivity contribution in [1.29, 1.82) is 0 Å². The average Bonchev–Trinajstić information content (AvgIpc) is 2.62. The number of nitrogens with one attached hydrogen (secondary N) is 1. The van der Waals surface area contributed by atoms with Crippen LogP contribution in [0.4, 0.5) is 0 Å². The Morgan fingerprint density at radius 3 is 2.80 bits per heavy atom. The van der Waals surface area contributed by atoms with Gasteiger partial charge in [-0.15, -0.1) is 0 Å². The Morgan fingerprint density at radius 1 is 1.53 bits per heavy atom. The van der Waals surface area contributed by atoms with E-state index < -0.39 is 0 Å². The molecule has 0 radical (unpaired) electrons. The summed E-state index contributed by atoms with van der Waals surface area (Å²) in [4.78, 5) is 0. The molecule has 1 saturated carbocycles. The molecule has 3 heteroatoms. The van der Waals surface area contributed by atoms with Gasteiger partial charge in [-0.2, -0.15) is 5.10 Å². The summed E-state index contributed by atoms with van der Waals surface area (Å²) in [7, 11) is 0. The molecule has 1 atom stereocenters. The molecule has 0 amide bonds. The molecule has 0 aliphatic heterocycles. The molecule has 84 valence electrons. The summed E-state index contributed by atoms with van der Waals surface area (Å²) in [5.41, 5.74) is 1.36. The normalized spacial score (nSPS) is 18.8. The van der Waals surface area contributed by atoms with Crippen molar-refractivity contribution in [1.82, 2.24) is 15.1 Å². The maximum Gasteiger partial charge on any atom is 0.0537 e. The van der Waals surface area contributed by atoms with Gasteiger partial charge in [0, 0.05) is 24.3 Å². The summed E-state index contributed by atoms with van der Waals surface area (Å²) in [5.74, 6) is 0.833. The number of hydrogen-bond donors (Lipinski definition) is 1. The molecular formula is C12H21N3. The Hall–Kier alpha value is -0.830. The van der Waals surface area contributed by atoms with Crippen LogP contribution in [0.25, 0.3) is 0 Å². The maximum absolute atomic E-state index is 4.36. The minimum absolute atomic E-state index is 0.532. The largest absolute Gasteiger partial charge is 0.310 e. The first-order valence-corrected chi connectivity index (χ1v) is 6.10. The van der Waals surface area contributed by atoms with E-state index in [1.807, 2.05) is 10.9 Å². The van der Waals surface area contributed by atoms with Gasteiger partial charge < -0.3 is 5.32 Å². The van der Waals surface area contributed by atoms with Crippen molar-refractivity contribution < 1.29 is 0 Å². The molecule has 1 aliphatic rings. The molecule has 1 unspecified atom stereocenters. The highest BCUT2D eigenvalue weighted by Crippen LogP contribution is 2.37. The van der Waals surface area contributed by atoms with Crippen molar-refractivity contribution in [3.8, 4) is 0 Å². The summed E-state index contributed by atoms with van der Waals surface area (Å²) in [6, 6.07) is 0.532. The first-order valence-electron chi connectivity index (χ1n) is 6.10. The summed E-state index contributed by atoms with van der Waals surface area (Å²) < 4.78 is 2.01. The van der Waals surface area contributed by atoms with Crippen LogP contribution in [0, 0.1) is 5.92 Å². The summed E-state index contributed by atoms with van der Waals surface area (Å²) >= 11 is 0. The first-order chi connectivity index (χ1) is 7.35. The summed E-state index contributed by atoms with van der Waals surface area (Å²) in [6.07, 6.45) is 8.35. The van der Waals surface area contributed by atoms with Crippen molar-refractivity contribution in [2.24, 2.45) is 5.92 Å². The Labute approximate surface area is 91.9 Å². The highest BCUT2D eigenvalue weighted by Gasteiger charge is 2.28. The van der Waals surface area contributed by atoms with E-state index >= 15 is 0 Å². The van der Waals surface area contributed by atoms with Crippen molar-refractivity contribution in [2.45, 2.75) is 45.7 Å². The molecule has 1 aromatic rings. The lowest BCUT2D eigenvalue weighted by Crippen LogP contribution is -2.31. The minimum Gasteiger partial charge on any atom is -0.310 e. The quantitative estimate of drug-likeness (QED) is 0.803. The van der Waals surface area contributed by atoms with Crippen LogP contribution in [0.1, 0.15) is 44.7 Å². The molecule has 2 rings (SSSR count). The molecule has 1 aromatic heterocycles. The van der Waals surface area contributed by atoms with Gasteiger partial charge >= 0.3 is 0 Å². The van der Waals surface area contributed by atoms with Crippen LogP contribution in [0.5, 0.6) is 0 Å². The third-order valence-corrected chi connectivity index (χ3v) is 3.38. The second-order valence-electron chi connectivity index (χ2n) is 4.36. The number of aryl methyl sites for hydroxylation is 1. The molecule has 0 aromatic carbocycles. The number of hydrogen-bond acceptors (Lipinski definition) is 2. The lowest BCUT2D eigenvalue weighted by atomic mass is 9.78. The molecule has 0 spiro atoms. The van der Waals surface area contributed by atoms with Crippen molar-refractivity contribution in [3.05, 3.63) is 18.0 Å². The second-order valence-corrected chi connectivity index (χ2v) is 4.36. The Balaban J connectivity index is 2.08. The Morgan fingerprint density at radius 2 is 2.33 bits per heavy atom. The highest BCUT2D eigenvalue weighted by atomic mass is 15.3. The first kappa shape index (κ1) is 10.7. The van der Waals surface area contributed by atoms with E-state index in [-0.39, 0.29) is 0 Å². The topological polar surface area (TPSA) is 29.9 Å². The van der Waals surface area contributed by atoms with Crippen LogP contribution < -0.4 is 5.32 Å². The van der Waals surface area contributed by atoms with Gasteiger partial charge in [-0.25, -0.2) is 0 Å². The van der Waals surface area contributed by atoms with E-state index in [2.05, 4.69) is 30.5 Å². The molecule has 1 aliphatic carbocycles. The van der Waals surface area contributed by atoms with E-state index in [9.17, 15) is 0 Å². The molecule has 0 bridgehead atoms. The highest BCUT2D eigenvalue weighted by molar-refractivity contribution is 5.12. The standard InChI is InChI=1S/C12H21N3/c1-3-13-12(10-6-5-7-10)11-8-14-15(4-2)9-11/h8-10,12-13H,3-7H2,1-2H3. The number of rotatable bonds is 5. The summed E-state index contributed by atoms with van der Waals surface area (Å²) in [5, 5.41) is 7.94. The van der Waals surface area contributed by atoms with Crippen molar-refractivity contribution in [2.75, 3.05) is 6.54 Å². The van der Waals surface area contributed by atoms with Gasteiger partial charge in [0.15, 0.2) is 0 Å². The van der Waals surface area contributed by atoms with Gasteiger partial charge in [0.25, 0.3) is 0 Å². The van der Waals surface area contributed by atoms with Gasteiger partial charge in [0.1, 0.15) is 0 Å². The van der Waals surface area contributed by atoms with Crippen LogP contribution in [0.15, 0.2) is 12.4 Å². The summed E-state index contributed by atoms with van der Waals surface area (Å²) in [6.45, 7) is 6.31. The van der Waals surface area contributed by atoms with Crippen LogP contribution in [0.2, 0.25) is 0 Å². The smallest absolute Gasteiger partial charge is 0.0537 e. The van der Waals surface area contributed by atoms with E-state index in [0.29, 0.717) is 6.04 Å². The Kier molecular flexibility index (Phi) is 3.41. The lowest BCUT2D eigenvalue weighted by Gasteiger charge is -2.33. The zero-order valence-corrected chi connectivity index (χ0v) is 9.74. The van der Waals surface area contributed by atoms with E-state index in [1.54, 1.807) is 0 Å². The van der Waals surface area contributed by atoms with Gasteiger partial charge in [-0.1, -0.05) is 13.3 Å². The zero-order valence-electron chi connectivity index (χ0n) is 9.74. The fourth-order valence-electron chi connectivity index (χ4n) is 2.26. The van der Waals surface area contributed by atoms with Crippen LogP contribution in [-0.4, -0.2) is 16.3 Å². The minimum atomic E-state index is 0.532. The van der Waals surface area contributed by atoms with Gasteiger partial charge in [0.2, 0.25) is 0 Å². The predicted octanol–water partition coefficient (Wildman–Crippen LogP) is 2.35. The maximum atomic E-state index is 4.36. The molecule has 15 heavy (non-hydrogen) atoms. The average molecular weight is 207 g/mol. The van der Waals surface area contributed by atoms with Crippen LogP contribution in [0.3, 0.4) is 0 Å². The van der Waals surface area contributed by atoms with Crippen LogP contribution in [-0.2, 0) is 6.54 Å². The molecule has 3 nitrogen and oxygen atoms in total. The number of nitrogens with zero attached hydrogens (tertiary/aromatic N) is 2. The van der Waals surface area contributed by atoms with Gasteiger partial charge in [-0.3, -0.25) is 4.68 Å².